The maximum Gasteiger partial charge on any atom is 0.184 e. The van der Waals surface area contributed by atoms with E-state index < -0.39 is 8.32 Å². The Morgan fingerprint density at radius 2 is 2.11 bits per heavy atom. The summed E-state index contributed by atoms with van der Waals surface area (Å²) in [6.45, 7) is 10.9. The van der Waals surface area contributed by atoms with Crippen LogP contribution in [-0.2, 0) is 9.22 Å². The number of ketones is 1. The highest BCUT2D eigenvalue weighted by atomic mass is 28.4. The van der Waals surface area contributed by atoms with E-state index in [0.717, 1.165) is 18.4 Å². The van der Waals surface area contributed by atoms with Gasteiger partial charge in [0.15, 0.2) is 14.1 Å². The van der Waals surface area contributed by atoms with E-state index in [2.05, 4.69) is 32.6 Å². The largest absolute Gasteiger partial charge is 0.414 e. The summed E-state index contributed by atoms with van der Waals surface area (Å²) < 4.78 is 6.44. The number of carbonyl (C=O) groups is 1. The standard InChI is InChI=1S/C16H28O2Si/c1-12(17)13-8-10-16(2)9-6-7-15(14(16)11-13)18-19(3,4)5/h8,14-15H,6-7,9-11H2,1-5H3/t14-,15-,16+/m1/s1. The number of carbonyl (C=O) groups excluding carboxylic acids is 1. The SMILES string of the molecule is CC(=O)C1=CC[C@]2(C)CCC[C@@H](O[Si](C)(C)C)[C@H]2C1. The first-order valence-electron chi connectivity index (χ1n) is 7.59. The van der Waals surface area contributed by atoms with E-state index in [1.54, 1.807) is 6.92 Å². The van der Waals surface area contributed by atoms with Crippen molar-refractivity contribution in [3.8, 4) is 0 Å². The third-order valence-corrected chi connectivity index (χ3v) is 5.80. The van der Waals surface area contributed by atoms with Crippen molar-refractivity contribution in [1.29, 1.82) is 0 Å². The van der Waals surface area contributed by atoms with Gasteiger partial charge in [-0.2, -0.15) is 0 Å². The van der Waals surface area contributed by atoms with Gasteiger partial charge in [-0.05, 0) is 69.2 Å². The fourth-order valence-corrected chi connectivity index (χ4v) is 4.92. The number of allylic oxidation sites excluding steroid dienone is 2. The average molecular weight is 280 g/mol. The first-order valence-corrected chi connectivity index (χ1v) is 11.0. The molecule has 1 fully saturated rings. The van der Waals surface area contributed by atoms with Gasteiger partial charge in [0.25, 0.3) is 0 Å². The van der Waals surface area contributed by atoms with Gasteiger partial charge in [0, 0.05) is 6.10 Å². The molecule has 0 spiro atoms. The van der Waals surface area contributed by atoms with Crippen LogP contribution in [0.15, 0.2) is 11.6 Å². The van der Waals surface area contributed by atoms with Gasteiger partial charge in [-0.1, -0.05) is 19.4 Å². The molecule has 0 aromatic rings. The first-order chi connectivity index (χ1) is 8.71. The zero-order valence-corrected chi connectivity index (χ0v) is 14.1. The van der Waals surface area contributed by atoms with Crippen molar-refractivity contribution in [3.63, 3.8) is 0 Å². The molecule has 2 nitrogen and oxygen atoms in total. The zero-order chi connectivity index (χ0) is 14.3. The van der Waals surface area contributed by atoms with E-state index >= 15 is 0 Å². The lowest BCUT2D eigenvalue weighted by molar-refractivity contribution is -0.114. The molecular weight excluding hydrogens is 252 g/mol. The molecule has 0 radical (unpaired) electrons. The third kappa shape index (κ3) is 3.37. The smallest absolute Gasteiger partial charge is 0.184 e. The molecule has 108 valence electrons. The summed E-state index contributed by atoms with van der Waals surface area (Å²) in [5.41, 5.74) is 1.38. The summed E-state index contributed by atoms with van der Waals surface area (Å²) in [4.78, 5) is 11.7. The van der Waals surface area contributed by atoms with Crippen molar-refractivity contribution in [2.24, 2.45) is 11.3 Å². The molecule has 0 saturated heterocycles. The molecule has 0 heterocycles. The molecule has 2 rings (SSSR count). The molecule has 0 aromatic carbocycles. The van der Waals surface area contributed by atoms with Crippen molar-refractivity contribution in [1.82, 2.24) is 0 Å². The zero-order valence-electron chi connectivity index (χ0n) is 13.1. The van der Waals surface area contributed by atoms with Crippen LogP contribution in [0.4, 0.5) is 0 Å². The van der Waals surface area contributed by atoms with E-state index in [1.807, 2.05) is 0 Å². The summed E-state index contributed by atoms with van der Waals surface area (Å²) in [5.74, 6) is 0.788. The predicted octanol–water partition coefficient (Wildman–Crippen LogP) is 4.32. The molecule has 0 unspecified atom stereocenters. The molecule has 3 heteroatoms. The van der Waals surface area contributed by atoms with Crippen LogP contribution in [0.1, 0.15) is 46.0 Å². The Morgan fingerprint density at radius 1 is 1.42 bits per heavy atom. The summed E-state index contributed by atoms with van der Waals surface area (Å²) in [6, 6.07) is 0. The quantitative estimate of drug-likeness (QED) is 0.720. The van der Waals surface area contributed by atoms with Crippen LogP contribution in [-0.4, -0.2) is 20.2 Å². The Balaban J connectivity index is 2.20. The molecule has 2 aliphatic rings. The van der Waals surface area contributed by atoms with E-state index in [1.165, 1.54) is 19.3 Å². The van der Waals surface area contributed by atoms with Gasteiger partial charge in [0.05, 0.1) is 0 Å². The van der Waals surface area contributed by atoms with Crippen LogP contribution in [0.3, 0.4) is 0 Å². The normalized spacial score (nSPS) is 35.5. The van der Waals surface area contributed by atoms with Crippen molar-refractivity contribution in [2.45, 2.75) is 71.7 Å². The number of fused-ring (bicyclic) bond motifs is 1. The lowest BCUT2D eigenvalue weighted by atomic mass is 9.60. The first kappa shape index (κ1) is 15.0. The second-order valence-electron chi connectivity index (χ2n) is 7.62. The molecule has 0 aromatic heterocycles. The number of hydrogen-bond donors (Lipinski definition) is 0. The highest BCUT2D eigenvalue weighted by Gasteiger charge is 2.45. The maximum absolute atomic E-state index is 11.7. The molecule has 2 aliphatic carbocycles. The lowest BCUT2D eigenvalue weighted by Crippen LogP contribution is -2.47. The van der Waals surface area contributed by atoms with E-state index in [4.69, 9.17) is 4.43 Å². The van der Waals surface area contributed by atoms with Gasteiger partial charge in [0.1, 0.15) is 0 Å². The molecule has 0 aliphatic heterocycles. The Bertz CT molecular complexity index is 394. The van der Waals surface area contributed by atoms with Gasteiger partial charge < -0.3 is 4.43 Å². The van der Waals surface area contributed by atoms with Crippen molar-refractivity contribution in [2.75, 3.05) is 0 Å². The van der Waals surface area contributed by atoms with Gasteiger partial charge >= 0.3 is 0 Å². The van der Waals surface area contributed by atoms with Crippen molar-refractivity contribution < 1.29 is 9.22 Å². The monoisotopic (exact) mass is 280 g/mol. The van der Waals surface area contributed by atoms with Gasteiger partial charge in [-0.15, -0.1) is 0 Å². The summed E-state index contributed by atoms with van der Waals surface area (Å²) >= 11 is 0. The Kier molecular flexibility index (Phi) is 4.08. The van der Waals surface area contributed by atoms with Crippen LogP contribution in [0.5, 0.6) is 0 Å². The molecule has 3 atom stereocenters. The average Bonchev–Trinajstić information content (AvgIpc) is 2.26. The van der Waals surface area contributed by atoms with Gasteiger partial charge in [-0.25, -0.2) is 0 Å². The minimum absolute atomic E-state index is 0.249. The number of hydrogen-bond acceptors (Lipinski definition) is 2. The van der Waals surface area contributed by atoms with E-state index in [0.29, 0.717) is 17.4 Å². The van der Waals surface area contributed by atoms with Gasteiger partial charge in [-0.3, -0.25) is 4.79 Å². The highest BCUT2D eigenvalue weighted by molar-refractivity contribution is 6.69. The molecule has 19 heavy (non-hydrogen) atoms. The third-order valence-electron chi connectivity index (χ3n) is 4.79. The van der Waals surface area contributed by atoms with Crippen LogP contribution < -0.4 is 0 Å². The van der Waals surface area contributed by atoms with E-state index in [9.17, 15) is 4.79 Å². The predicted molar refractivity (Wildman–Crippen MR) is 81.7 cm³/mol. The Labute approximate surface area is 118 Å². The van der Waals surface area contributed by atoms with Crippen LogP contribution >= 0.6 is 0 Å². The summed E-state index contributed by atoms with van der Waals surface area (Å²) in [6.07, 6.45) is 8.27. The second kappa shape index (κ2) is 5.17. The highest BCUT2D eigenvalue weighted by Crippen LogP contribution is 2.51. The van der Waals surface area contributed by atoms with Crippen LogP contribution in [0.25, 0.3) is 0 Å². The molecule has 0 bridgehead atoms. The summed E-state index contributed by atoms with van der Waals surface area (Å²) in [5, 5.41) is 0. The minimum Gasteiger partial charge on any atom is -0.414 e. The van der Waals surface area contributed by atoms with Crippen molar-refractivity contribution >= 4 is 14.1 Å². The molecular formula is C16H28O2Si. The molecule has 1 saturated carbocycles. The number of rotatable bonds is 3. The maximum atomic E-state index is 11.7. The number of Topliss-reactive ketones (excluding diaryl/α,β-unsaturated/α-hetero) is 1. The minimum atomic E-state index is -1.51. The fourth-order valence-electron chi connectivity index (χ4n) is 3.73. The van der Waals surface area contributed by atoms with E-state index in [-0.39, 0.29) is 5.78 Å². The second-order valence-corrected chi connectivity index (χ2v) is 12.1. The van der Waals surface area contributed by atoms with Gasteiger partial charge in [0.2, 0.25) is 0 Å². The topological polar surface area (TPSA) is 26.3 Å². The van der Waals surface area contributed by atoms with Crippen molar-refractivity contribution in [3.05, 3.63) is 11.6 Å². The van der Waals surface area contributed by atoms with Crippen LogP contribution in [0, 0.1) is 11.3 Å². The molecule has 0 amide bonds. The van der Waals surface area contributed by atoms with Crippen LogP contribution in [0.2, 0.25) is 19.6 Å². The fraction of sp³-hybridized carbons (Fsp3) is 0.812. The summed E-state index contributed by atoms with van der Waals surface area (Å²) in [7, 11) is -1.51. The molecule has 0 N–H and O–H groups in total. The lowest BCUT2D eigenvalue weighted by Gasteiger charge is -2.49. The Hall–Kier alpha value is -0.413. The Morgan fingerprint density at radius 3 is 2.68 bits per heavy atom.